The Morgan fingerprint density at radius 2 is 1.42 bits per heavy atom. The summed E-state index contributed by atoms with van der Waals surface area (Å²) >= 11 is 5.54. The Kier molecular flexibility index (Phi) is 14.0. The maximum absolute atomic E-state index is 11.4. The standard InChI is InChI=1S/C22H36ClNO2/c1-2-3-4-5-6-7-8-9-10-11-12-15-18-26-21-17-14-13-16-20(21)24-22(25)19-23/h13-14,16-17H,2-12,15,18-19H2,1H3,(H,24,25). The molecule has 0 atom stereocenters. The van der Waals surface area contributed by atoms with E-state index in [4.69, 9.17) is 16.3 Å². The van der Waals surface area contributed by atoms with E-state index < -0.39 is 0 Å². The van der Waals surface area contributed by atoms with Crippen LogP contribution in [0, 0.1) is 0 Å². The van der Waals surface area contributed by atoms with Crippen LogP contribution in [0.5, 0.6) is 5.75 Å². The predicted molar refractivity (Wildman–Crippen MR) is 112 cm³/mol. The van der Waals surface area contributed by atoms with Gasteiger partial charge in [0.1, 0.15) is 11.6 Å². The molecule has 0 heterocycles. The maximum Gasteiger partial charge on any atom is 0.239 e. The molecule has 0 aromatic heterocycles. The fraction of sp³-hybridized carbons (Fsp3) is 0.682. The normalized spacial score (nSPS) is 10.7. The summed E-state index contributed by atoms with van der Waals surface area (Å²) < 4.78 is 5.82. The number of anilines is 1. The van der Waals surface area contributed by atoms with E-state index in [2.05, 4.69) is 12.2 Å². The van der Waals surface area contributed by atoms with E-state index >= 15 is 0 Å². The SMILES string of the molecule is CCCCCCCCCCCCCCOc1ccccc1NC(=O)CCl. The monoisotopic (exact) mass is 381 g/mol. The molecule has 1 aromatic carbocycles. The molecule has 0 radical (unpaired) electrons. The van der Waals surface area contributed by atoms with Crippen molar-refractivity contribution in [2.45, 2.75) is 84.0 Å². The van der Waals surface area contributed by atoms with Gasteiger partial charge < -0.3 is 10.1 Å². The number of amides is 1. The second kappa shape index (κ2) is 16.0. The highest BCUT2D eigenvalue weighted by Gasteiger charge is 2.06. The van der Waals surface area contributed by atoms with E-state index in [1.165, 1.54) is 70.6 Å². The minimum Gasteiger partial charge on any atom is -0.491 e. The largest absolute Gasteiger partial charge is 0.491 e. The highest BCUT2D eigenvalue weighted by molar-refractivity contribution is 6.29. The van der Waals surface area contributed by atoms with Gasteiger partial charge in [0.05, 0.1) is 12.3 Å². The number of carbonyl (C=O) groups is 1. The van der Waals surface area contributed by atoms with E-state index in [1.54, 1.807) is 0 Å². The highest BCUT2D eigenvalue weighted by Crippen LogP contribution is 2.24. The number of alkyl halides is 1. The molecule has 0 saturated carbocycles. The summed E-state index contributed by atoms with van der Waals surface area (Å²) in [6.07, 6.45) is 16.0. The van der Waals surface area contributed by atoms with Gasteiger partial charge in [0.25, 0.3) is 0 Å². The molecule has 0 aliphatic heterocycles. The molecule has 148 valence electrons. The maximum atomic E-state index is 11.4. The number of rotatable bonds is 16. The van der Waals surface area contributed by atoms with Gasteiger partial charge in [-0.25, -0.2) is 0 Å². The Labute approximate surface area is 164 Å². The molecule has 4 heteroatoms. The number of unbranched alkanes of at least 4 members (excludes halogenated alkanes) is 11. The molecule has 1 aromatic rings. The second-order valence-corrected chi connectivity index (χ2v) is 7.18. The number of benzene rings is 1. The third-order valence-corrected chi connectivity index (χ3v) is 4.78. The van der Waals surface area contributed by atoms with Crippen LogP contribution in [0.1, 0.15) is 84.0 Å². The topological polar surface area (TPSA) is 38.3 Å². The van der Waals surface area contributed by atoms with E-state index in [0.717, 1.165) is 6.42 Å². The number of para-hydroxylation sites is 2. The van der Waals surface area contributed by atoms with Crippen molar-refractivity contribution >= 4 is 23.2 Å². The molecule has 0 fully saturated rings. The number of carbonyl (C=O) groups excluding carboxylic acids is 1. The summed E-state index contributed by atoms with van der Waals surface area (Å²) in [5.41, 5.74) is 0.692. The van der Waals surface area contributed by atoms with Gasteiger partial charge in [-0.3, -0.25) is 4.79 Å². The van der Waals surface area contributed by atoms with Crippen molar-refractivity contribution in [1.82, 2.24) is 0 Å². The first kappa shape index (κ1) is 22.8. The molecule has 0 bridgehead atoms. The van der Waals surface area contributed by atoms with Gasteiger partial charge in [-0.2, -0.15) is 0 Å². The molecule has 0 aliphatic carbocycles. The Balaban J connectivity index is 2.00. The molecule has 3 nitrogen and oxygen atoms in total. The second-order valence-electron chi connectivity index (χ2n) is 6.92. The van der Waals surface area contributed by atoms with Crippen LogP contribution in [0.15, 0.2) is 24.3 Å². The highest BCUT2D eigenvalue weighted by atomic mass is 35.5. The van der Waals surface area contributed by atoms with Crippen LogP contribution in [-0.2, 0) is 4.79 Å². The smallest absolute Gasteiger partial charge is 0.239 e. The van der Waals surface area contributed by atoms with E-state index in [1.807, 2.05) is 24.3 Å². The Hall–Kier alpha value is -1.22. The van der Waals surface area contributed by atoms with Crippen molar-refractivity contribution < 1.29 is 9.53 Å². The van der Waals surface area contributed by atoms with Gasteiger partial charge in [0.2, 0.25) is 5.91 Å². The van der Waals surface area contributed by atoms with E-state index in [-0.39, 0.29) is 11.8 Å². The molecule has 26 heavy (non-hydrogen) atoms. The minimum atomic E-state index is -0.215. The van der Waals surface area contributed by atoms with Crippen molar-refractivity contribution in [1.29, 1.82) is 0 Å². The third kappa shape index (κ3) is 11.4. The zero-order valence-corrected chi connectivity index (χ0v) is 17.2. The lowest BCUT2D eigenvalue weighted by molar-refractivity contribution is -0.113. The van der Waals surface area contributed by atoms with Crippen molar-refractivity contribution in [2.24, 2.45) is 0 Å². The molecule has 0 aliphatic rings. The van der Waals surface area contributed by atoms with E-state index in [0.29, 0.717) is 18.0 Å². The summed E-state index contributed by atoms with van der Waals surface area (Å²) in [7, 11) is 0. The predicted octanol–water partition coefficient (Wildman–Crippen LogP) is 6.94. The molecule has 0 unspecified atom stereocenters. The average molecular weight is 382 g/mol. The molecule has 0 saturated heterocycles. The first-order valence-corrected chi connectivity index (χ1v) is 10.9. The summed E-state index contributed by atoms with van der Waals surface area (Å²) in [4.78, 5) is 11.4. The zero-order valence-electron chi connectivity index (χ0n) is 16.4. The average Bonchev–Trinajstić information content (AvgIpc) is 2.66. The van der Waals surface area contributed by atoms with E-state index in [9.17, 15) is 4.79 Å². The van der Waals surface area contributed by atoms with Crippen molar-refractivity contribution in [3.05, 3.63) is 24.3 Å². The Morgan fingerprint density at radius 1 is 0.885 bits per heavy atom. The molecule has 1 rings (SSSR count). The van der Waals surface area contributed by atoms with Crippen molar-refractivity contribution in [3.8, 4) is 5.75 Å². The lowest BCUT2D eigenvalue weighted by Gasteiger charge is -2.11. The van der Waals surface area contributed by atoms with Crippen LogP contribution in [0.25, 0.3) is 0 Å². The van der Waals surface area contributed by atoms with Crippen LogP contribution in [0.2, 0.25) is 0 Å². The van der Waals surface area contributed by atoms with Crippen molar-refractivity contribution in [3.63, 3.8) is 0 Å². The number of ether oxygens (including phenoxy) is 1. The van der Waals surface area contributed by atoms with Gasteiger partial charge in [-0.05, 0) is 18.6 Å². The summed E-state index contributed by atoms with van der Waals surface area (Å²) in [6.45, 7) is 2.95. The molecule has 0 spiro atoms. The fourth-order valence-corrected chi connectivity index (χ4v) is 3.07. The van der Waals surface area contributed by atoms with Crippen LogP contribution in [0.3, 0.4) is 0 Å². The van der Waals surface area contributed by atoms with Gasteiger partial charge in [-0.15, -0.1) is 11.6 Å². The van der Waals surface area contributed by atoms with Gasteiger partial charge in [0, 0.05) is 0 Å². The third-order valence-electron chi connectivity index (χ3n) is 4.54. The van der Waals surface area contributed by atoms with Gasteiger partial charge in [0.15, 0.2) is 0 Å². The Bertz CT molecular complexity index is 479. The first-order chi connectivity index (χ1) is 12.8. The lowest BCUT2D eigenvalue weighted by Crippen LogP contribution is -2.13. The molecule has 1 N–H and O–H groups in total. The quantitative estimate of drug-likeness (QED) is 0.248. The summed E-state index contributed by atoms with van der Waals surface area (Å²) in [5, 5.41) is 2.76. The summed E-state index contributed by atoms with van der Waals surface area (Å²) in [5.74, 6) is 0.453. The number of nitrogens with one attached hydrogen (secondary N) is 1. The molecule has 1 amide bonds. The zero-order chi connectivity index (χ0) is 18.9. The molecular formula is C22H36ClNO2. The number of hydrogen-bond donors (Lipinski definition) is 1. The van der Waals surface area contributed by atoms with Gasteiger partial charge >= 0.3 is 0 Å². The first-order valence-electron chi connectivity index (χ1n) is 10.4. The summed E-state index contributed by atoms with van der Waals surface area (Å²) in [6, 6.07) is 7.50. The number of halogens is 1. The van der Waals surface area contributed by atoms with Crippen LogP contribution < -0.4 is 10.1 Å². The minimum absolute atomic E-state index is 0.0485. The lowest BCUT2D eigenvalue weighted by atomic mass is 10.1. The molecular weight excluding hydrogens is 346 g/mol. The van der Waals surface area contributed by atoms with Crippen LogP contribution >= 0.6 is 11.6 Å². The van der Waals surface area contributed by atoms with Crippen molar-refractivity contribution in [2.75, 3.05) is 17.8 Å². The Morgan fingerprint density at radius 3 is 2.00 bits per heavy atom. The fourth-order valence-electron chi connectivity index (χ4n) is 3.00. The number of hydrogen-bond acceptors (Lipinski definition) is 2. The van der Waals surface area contributed by atoms with Crippen LogP contribution in [0.4, 0.5) is 5.69 Å². The van der Waals surface area contributed by atoms with Gasteiger partial charge in [-0.1, -0.05) is 89.7 Å². The van der Waals surface area contributed by atoms with Crippen LogP contribution in [-0.4, -0.2) is 18.4 Å².